The molecular formula is C28H25N7O2. The van der Waals surface area contributed by atoms with E-state index in [-0.39, 0.29) is 11.3 Å². The Morgan fingerprint density at radius 1 is 1.00 bits per heavy atom. The molecule has 0 saturated heterocycles. The number of aromatic nitrogens is 5. The Balaban J connectivity index is 1.47. The summed E-state index contributed by atoms with van der Waals surface area (Å²) >= 11 is 0. The molecule has 0 aliphatic rings. The molecule has 0 unspecified atom stereocenters. The highest BCUT2D eigenvalue weighted by Gasteiger charge is 2.17. The quantitative estimate of drug-likeness (QED) is 0.259. The summed E-state index contributed by atoms with van der Waals surface area (Å²) in [5, 5.41) is 14.2. The number of amides is 1. The molecule has 3 aromatic heterocycles. The van der Waals surface area contributed by atoms with Gasteiger partial charge in [-0.2, -0.15) is 15.3 Å². The molecule has 5 aromatic rings. The molecule has 1 N–H and O–H groups in total. The second-order valence-electron chi connectivity index (χ2n) is 8.43. The summed E-state index contributed by atoms with van der Waals surface area (Å²) in [6, 6.07) is 20.4. The van der Waals surface area contributed by atoms with Gasteiger partial charge in [0, 0.05) is 41.6 Å². The van der Waals surface area contributed by atoms with Gasteiger partial charge in [0.15, 0.2) is 5.69 Å². The van der Waals surface area contributed by atoms with Gasteiger partial charge in [-0.1, -0.05) is 49.7 Å². The number of unbranched alkanes of at least 4 members (excludes halogenated alkanes) is 1. The highest BCUT2D eigenvalue weighted by atomic mass is 16.2. The number of carbonyl (C=O) groups excluding carboxylic acids is 1. The zero-order valence-corrected chi connectivity index (χ0v) is 20.3. The first-order valence-corrected chi connectivity index (χ1v) is 12.0. The summed E-state index contributed by atoms with van der Waals surface area (Å²) in [5.74, 6) is -0.504. The van der Waals surface area contributed by atoms with E-state index in [1.807, 2.05) is 55.6 Å². The number of rotatable bonds is 8. The largest absolute Gasteiger partial charge is 0.292 e. The summed E-state index contributed by atoms with van der Waals surface area (Å²) in [7, 11) is 0. The van der Waals surface area contributed by atoms with Crippen LogP contribution < -0.4 is 11.0 Å². The van der Waals surface area contributed by atoms with Crippen LogP contribution in [-0.2, 0) is 6.54 Å². The van der Waals surface area contributed by atoms with E-state index in [1.54, 1.807) is 47.6 Å². The van der Waals surface area contributed by atoms with Crippen LogP contribution in [0.5, 0.6) is 0 Å². The average molecular weight is 492 g/mol. The predicted molar refractivity (Wildman–Crippen MR) is 143 cm³/mol. The van der Waals surface area contributed by atoms with Crippen molar-refractivity contribution in [1.82, 2.24) is 30.0 Å². The van der Waals surface area contributed by atoms with Crippen LogP contribution in [0.2, 0.25) is 0 Å². The van der Waals surface area contributed by atoms with Gasteiger partial charge in [0.2, 0.25) is 0 Å². The molecule has 1 amide bonds. The van der Waals surface area contributed by atoms with Crippen LogP contribution in [0.4, 0.5) is 0 Å². The lowest BCUT2D eigenvalue weighted by atomic mass is 10.1. The number of hydrogen-bond donors (Lipinski definition) is 1. The van der Waals surface area contributed by atoms with E-state index in [0.717, 1.165) is 24.1 Å². The third-order valence-corrected chi connectivity index (χ3v) is 5.87. The molecule has 9 heteroatoms. The van der Waals surface area contributed by atoms with Gasteiger partial charge in [0.05, 0.1) is 17.3 Å². The minimum absolute atomic E-state index is 0.149. The SMILES string of the molecule is CCCCn1nc(C(=O)N/N=C/c2cn(-c3ccccc3)nc2-c2cccnc2)c2ccccc2c1=O. The van der Waals surface area contributed by atoms with Crippen LogP contribution in [-0.4, -0.2) is 36.7 Å². The van der Waals surface area contributed by atoms with Crippen LogP contribution >= 0.6 is 0 Å². The standard InChI is InChI=1S/C28H25N7O2/c1-2-3-16-34-28(37)24-14-8-7-13-23(24)26(33-34)27(36)31-30-18-21-19-35(22-11-5-4-6-12-22)32-25(21)20-10-9-15-29-17-20/h4-15,17-19H,2-3,16H2,1H3,(H,31,36)/b30-18+. The third-order valence-electron chi connectivity index (χ3n) is 5.87. The minimum Gasteiger partial charge on any atom is -0.267 e. The lowest BCUT2D eigenvalue weighted by Gasteiger charge is -2.09. The van der Waals surface area contributed by atoms with Gasteiger partial charge in [-0.15, -0.1) is 0 Å². The van der Waals surface area contributed by atoms with Crippen LogP contribution in [0.1, 0.15) is 35.8 Å². The number of hydrazone groups is 1. The molecule has 0 aliphatic heterocycles. The van der Waals surface area contributed by atoms with E-state index in [0.29, 0.717) is 28.6 Å². The predicted octanol–water partition coefficient (Wildman–Crippen LogP) is 4.21. The summed E-state index contributed by atoms with van der Waals surface area (Å²) < 4.78 is 3.11. The number of hydrogen-bond acceptors (Lipinski definition) is 6. The monoisotopic (exact) mass is 491 g/mol. The van der Waals surface area contributed by atoms with Crippen LogP contribution in [0.15, 0.2) is 95.2 Å². The van der Waals surface area contributed by atoms with Gasteiger partial charge in [-0.05, 0) is 36.8 Å². The number of carbonyl (C=O) groups is 1. The molecule has 0 fully saturated rings. The number of nitrogens with one attached hydrogen (secondary N) is 1. The Hall–Kier alpha value is -4.92. The van der Waals surface area contributed by atoms with Gasteiger partial charge < -0.3 is 0 Å². The van der Waals surface area contributed by atoms with Crippen molar-refractivity contribution in [2.24, 2.45) is 5.10 Å². The molecule has 2 aromatic carbocycles. The zero-order valence-electron chi connectivity index (χ0n) is 20.3. The highest BCUT2D eigenvalue weighted by molar-refractivity contribution is 6.05. The molecule has 9 nitrogen and oxygen atoms in total. The van der Waals surface area contributed by atoms with Gasteiger partial charge in [0.25, 0.3) is 11.5 Å². The summed E-state index contributed by atoms with van der Waals surface area (Å²) in [6.45, 7) is 2.48. The van der Waals surface area contributed by atoms with Gasteiger partial charge in [0.1, 0.15) is 5.69 Å². The fourth-order valence-corrected chi connectivity index (χ4v) is 4.00. The van der Waals surface area contributed by atoms with Crippen LogP contribution in [0, 0.1) is 0 Å². The summed E-state index contributed by atoms with van der Waals surface area (Å²) in [6.07, 6.45) is 8.50. The van der Waals surface area contributed by atoms with Crippen molar-refractivity contribution in [1.29, 1.82) is 0 Å². The maximum atomic E-state index is 13.1. The first-order chi connectivity index (χ1) is 18.2. The smallest absolute Gasteiger partial charge is 0.267 e. The van der Waals surface area contributed by atoms with E-state index in [1.165, 1.54) is 4.68 Å². The van der Waals surface area contributed by atoms with Crippen molar-refractivity contribution in [3.63, 3.8) is 0 Å². The number of fused-ring (bicyclic) bond motifs is 1. The van der Waals surface area contributed by atoms with E-state index in [4.69, 9.17) is 5.10 Å². The van der Waals surface area contributed by atoms with Crippen LogP contribution in [0.25, 0.3) is 27.7 Å². The van der Waals surface area contributed by atoms with E-state index >= 15 is 0 Å². The van der Waals surface area contributed by atoms with Crippen molar-refractivity contribution in [2.45, 2.75) is 26.3 Å². The topological polar surface area (TPSA) is 107 Å². The van der Waals surface area contributed by atoms with Crippen molar-refractivity contribution >= 4 is 22.9 Å². The van der Waals surface area contributed by atoms with Crippen LogP contribution in [0.3, 0.4) is 0 Å². The third kappa shape index (κ3) is 5.06. The fourth-order valence-electron chi connectivity index (χ4n) is 4.00. The molecule has 0 aliphatic carbocycles. The number of benzene rings is 2. The number of nitrogens with zero attached hydrogens (tertiary/aromatic N) is 6. The Kier molecular flexibility index (Phi) is 6.93. The van der Waals surface area contributed by atoms with E-state index in [9.17, 15) is 9.59 Å². The maximum Gasteiger partial charge on any atom is 0.292 e. The number of pyridine rings is 1. The molecule has 184 valence electrons. The Morgan fingerprint density at radius 3 is 2.54 bits per heavy atom. The second kappa shape index (κ2) is 10.8. The van der Waals surface area contributed by atoms with E-state index < -0.39 is 5.91 Å². The van der Waals surface area contributed by atoms with Crippen molar-refractivity contribution in [3.8, 4) is 16.9 Å². The number of para-hydroxylation sites is 1. The van der Waals surface area contributed by atoms with Crippen molar-refractivity contribution < 1.29 is 4.79 Å². The Bertz CT molecular complexity index is 1620. The van der Waals surface area contributed by atoms with Gasteiger partial charge in [-0.3, -0.25) is 14.6 Å². The molecule has 0 bridgehead atoms. The average Bonchev–Trinajstić information content (AvgIpc) is 3.38. The molecule has 0 atom stereocenters. The summed E-state index contributed by atoms with van der Waals surface area (Å²) in [5.41, 5.74) is 5.59. The molecule has 0 spiro atoms. The molecule has 37 heavy (non-hydrogen) atoms. The number of aryl methyl sites for hydroxylation is 1. The lowest BCUT2D eigenvalue weighted by molar-refractivity contribution is 0.0949. The zero-order chi connectivity index (χ0) is 25.6. The first kappa shape index (κ1) is 23.8. The second-order valence-corrected chi connectivity index (χ2v) is 8.43. The Labute approximate surface area is 213 Å². The summed E-state index contributed by atoms with van der Waals surface area (Å²) in [4.78, 5) is 30.2. The van der Waals surface area contributed by atoms with Crippen molar-refractivity contribution in [3.05, 3.63) is 107 Å². The lowest BCUT2D eigenvalue weighted by Crippen LogP contribution is -2.29. The Morgan fingerprint density at radius 2 is 1.78 bits per heavy atom. The molecular weight excluding hydrogens is 466 g/mol. The molecule has 0 radical (unpaired) electrons. The first-order valence-electron chi connectivity index (χ1n) is 12.0. The molecule has 3 heterocycles. The maximum absolute atomic E-state index is 13.1. The highest BCUT2D eigenvalue weighted by Crippen LogP contribution is 2.22. The minimum atomic E-state index is -0.504. The normalized spacial score (nSPS) is 11.3. The van der Waals surface area contributed by atoms with Gasteiger partial charge in [-0.25, -0.2) is 14.8 Å². The molecule has 5 rings (SSSR count). The fraction of sp³-hybridized carbons (Fsp3) is 0.143. The van der Waals surface area contributed by atoms with Crippen molar-refractivity contribution in [2.75, 3.05) is 0 Å². The van der Waals surface area contributed by atoms with Gasteiger partial charge >= 0.3 is 0 Å². The molecule has 0 saturated carbocycles. The van der Waals surface area contributed by atoms with E-state index in [2.05, 4.69) is 20.6 Å².